The number of carboxylic acids is 1. The Morgan fingerprint density at radius 2 is 2.00 bits per heavy atom. The molecular weight excluding hydrogens is 236 g/mol. The van der Waals surface area contributed by atoms with Gasteiger partial charge in [0.25, 0.3) is 0 Å². The largest absolute Gasteiger partial charge is 0.481 e. The van der Waals surface area contributed by atoms with E-state index in [0.29, 0.717) is 6.54 Å². The van der Waals surface area contributed by atoms with E-state index in [4.69, 9.17) is 5.11 Å². The number of hydrogen-bond donors (Lipinski definition) is 3. The second-order valence-corrected chi connectivity index (χ2v) is 4.25. The third-order valence-corrected chi connectivity index (χ3v) is 2.26. The fraction of sp³-hybridized carbons (Fsp3) is 0.545. The van der Waals surface area contributed by atoms with Gasteiger partial charge in [-0.2, -0.15) is 5.10 Å². The van der Waals surface area contributed by atoms with Gasteiger partial charge in [0.15, 0.2) is 0 Å². The average Bonchev–Trinajstić information content (AvgIpc) is 2.67. The Bertz CT molecular complexity index is 391. The molecule has 0 aliphatic heterocycles. The van der Waals surface area contributed by atoms with Gasteiger partial charge in [-0.25, -0.2) is 4.79 Å². The van der Waals surface area contributed by atoms with Crippen LogP contribution in [0, 0.1) is 0 Å². The van der Waals surface area contributed by atoms with Gasteiger partial charge in [0.1, 0.15) is 0 Å². The van der Waals surface area contributed by atoms with Gasteiger partial charge in [0.2, 0.25) is 0 Å². The number of urea groups is 1. The molecule has 0 spiro atoms. The molecule has 0 bridgehead atoms. The van der Waals surface area contributed by atoms with E-state index in [0.717, 1.165) is 0 Å². The summed E-state index contributed by atoms with van der Waals surface area (Å²) in [5, 5.41) is 17.9. The van der Waals surface area contributed by atoms with E-state index in [-0.39, 0.29) is 18.5 Å². The molecule has 0 aromatic carbocycles. The number of carbonyl (C=O) groups excluding carboxylic acids is 1. The van der Waals surface area contributed by atoms with Crippen molar-refractivity contribution in [3.63, 3.8) is 0 Å². The first-order chi connectivity index (χ1) is 8.47. The number of aromatic nitrogens is 2. The predicted octanol–water partition coefficient (Wildman–Crippen LogP) is 0.434. The molecule has 0 fully saturated rings. The fourth-order valence-corrected chi connectivity index (χ4v) is 1.54. The molecule has 1 heterocycles. The normalized spacial score (nSPS) is 13.7. The molecule has 0 aliphatic carbocycles. The topological polar surface area (TPSA) is 96.3 Å². The maximum atomic E-state index is 11.5. The molecule has 7 heteroatoms. The summed E-state index contributed by atoms with van der Waals surface area (Å²) in [6, 6.07) is 0.937. The van der Waals surface area contributed by atoms with E-state index in [1.54, 1.807) is 17.8 Å². The molecule has 100 valence electrons. The minimum Gasteiger partial charge on any atom is -0.481 e. The Morgan fingerprint density at radius 1 is 1.33 bits per heavy atom. The van der Waals surface area contributed by atoms with Gasteiger partial charge >= 0.3 is 12.0 Å². The summed E-state index contributed by atoms with van der Waals surface area (Å²) in [5.41, 5.74) is 0. The van der Waals surface area contributed by atoms with E-state index in [1.807, 2.05) is 19.2 Å². The first-order valence-corrected chi connectivity index (χ1v) is 5.73. The Labute approximate surface area is 105 Å². The van der Waals surface area contributed by atoms with E-state index in [2.05, 4.69) is 15.7 Å². The van der Waals surface area contributed by atoms with Crippen LogP contribution in [0.5, 0.6) is 0 Å². The van der Waals surface area contributed by atoms with Crippen molar-refractivity contribution < 1.29 is 14.7 Å². The van der Waals surface area contributed by atoms with Crippen molar-refractivity contribution in [3.8, 4) is 0 Å². The fourth-order valence-electron chi connectivity index (χ4n) is 1.54. The standard InChI is InChI=1S/C11H18N4O3/c1-8(6-10(16)17)13-11(18)14-9(2)7-15-5-3-4-12-15/h3-5,8-9H,6-7H2,1-2H3,(H,16,17)(H2,13,14,18). The third kappa shape index (κ3) is 5.33. The minimum atomic E-state index is -0.938. The van der Waals surface area contributed by atoms with Crippen LogP contribution in [0.2, 0.25) is 0 Å². The number of nitrogens with zero attached hydrogens (tertiary/aromatic N) is 2. The summed E-state index contributed by atoms with van der Waals surface area (Å²) in [4.78, 5) is 22.0. The first-order valence-electron chi connectivity index (χ1n) is 5.73. The van der Waals surface area contributed by atoms with Crippen LogP contribution in [-0.2, 0) is 11.3 Å². The van der Waals surface area contributed by atoms with Crippen LogP contribution in [0.1, 0.15) is 20.3 Å². The summed E-state index contributed by atoms with van der Waals surface area (Å²) in [5.74, 6) is -0.938. The molecule has 3 N–H and O–H groups in total. The van der Waals surface area contributed by atoms with Crippen molar-refractivity contribution in [3.05, 3.63) is 18.5 Å². The van der Waals surface area contributed by atoms with Gasteiger partial charge in [-0.05, 0) is 19.9 Å². The van der Waals surface area contributed by atoms with Gasteiger partial charge in [-0.1, -0.05) is 0 Å². The van der Waals surface area contributed by atoms with Crippen molar-refractivity contribution in [2.24, 2.45) is 0 Å². The number of rotatable bonds is 6. The van der Waals surface area contributed by atoms with Crippen LogP contribution in [0.3, 0.4) is 0 Å². The number of amides is 2. The van der Waals surface area contributed by atoms with E-state index < -0.39 is 12.0 Å². The molecule has 0 radical (unpaired) electrons. The number of carboxylic acid groups (broad SMARTS) is 1. The molecular formula is C11H18N4O3. The second-order valence-electron chi connectivity index (χ2n) is 4.25. The van der Waals surface area contributed by atoms with Crippen molar-refractivity contribution in [1.82, 2.24) is 20.4 Å². The molecule has 18 heavy (non-hydrogen) atoms. The molecule has 2 atom stereocenters. The highest BCUT2D eigenvalue weighted by atomic mass is 16.4. The van der Waals surface area contributed by atoms with E-state index in [1.165, 1.54) is 0 Å². The summed E-state index contributed by atoms with van der Waals surface area (Å²) in [7, 11) is 0. The van der Waals surface area contributed by atoms with Crippen LogP contribution in [0.15, 0.2) is 18.5 Å². The zero-order valence-electron chi connectivity index (χ0n) is 10.5. The SMILES string of the molecule is CC(CC(=O)O)NC(=O)NC(C)Cn1cccn1. The van der Waals surface area contributed by atoms with E-state index in [9.17, 15) is 9.59 Å². The predicted molar refractivity (Wildman–Crippen MR) is 65.1 cm³/mol. The van der Waals surface area contributed by atoms with Crippen molar-refractivity contribution in [2.75, 3.05) is 0 Å². The Hall–Kier alpha value is -2.05. The van der Waals surface area contributed by atoms with Crippen molar-refractivity contribution in [2.45, 2.75) is 38.9 Å². The lowest BCUT2D eigenvalue weighted by Gasteiger charge is -2.17. The number of hydrogen-bond acceptors (Lipinski definition) is 3. The lowest BCUT2D eigenvalue weighted by molar-refractivity contribution is -0.137. The number of carbonyl (C=O) groups is 2. The smallest absolute Gasteiger partial charge is 0.315 e. The van der Waals surface area contributed by atoms with Gasteiger partial charge in [0, 0.05) is 24.5 Å². The second kappa shape index (κ2) is 6.63. The van der Waals surface area contributed by atoms with E-state index >= 15 is 0 Å². The molecule has 0 saturated heterocycles. The van der Waals surface area contributed by atoms with Crippen LogP contribution in [0.4, 0.5) is 4.79 Å². The maximum absolute atomic E-state index is 11.5. The van der Waals surface area contributed by atoms with Crippen LogP contribution < -0.4 is 10.6 Å². The lowest BCUT2D eigenvalue weighted by Crippen LogP contribution is -2.46. The van der Waals surface area contributed by atoms with Crippen molar-refractivity contribution in [1.29, 1.82) is 0 Å². The highest BCUT2D eigenvalue weighted by Crippen LogP contribution is 1.93. The van der Waals surface area contributed by atoms with Gasteiger partial charge in [-0.15, -0.1) is 0 Å². The van der Waals surface area contributed by atoms with Gasteiger partial charge in [0.05, 0.1) is 13.0 Å². The van der Waals surface area contributed by atoms with Crippen LogP contribution in [0.25, 0.3) is 0 Å². The lowest BCUT2D eigenvalue weighted by atomic mass is 10.2. The third-order valence-electron chi connectivity index (χ3n) is 2.26. The van der Waals surface area contributed by atoms with Crippen LogP contribution >= 0.6 is 0 Å². The number of aliphatic carboxylic acids is 1. The van der Waals surface area contributed by atoms with Crippen molar-refractivity contribution >= 4 is 12.0 Å². The Morgan fingerprint density at radius 3 is 2.56 bits per heavy atom. The van der Waals surface area contributed by atoms with Gasteiger partial charge < -0.3 is 15.7 Å². The highest BCUT2D eigenvalue weighted by Gasteiger charge is 2.12. The summed E-state index contributed by atoms with van der Waals surface area (Å²) in [6.07, 6.45) is 3.38. The molecule has 1 rings (SSSR count). The minimum absolute atomic E-state index is 0.0954. The van der Waals surface area contributed by atoms with Gasteiger partial charge in [-0.3, -0.25) is 9.48 Å². The van der Waals surface area contributed by atoms with Crippen LogP contribution in [-0.4, -0.2) is 39.0 Å². The molecule has 0 saturated carbocycles. The maximum Gasteiger partial charge on any atom is 0.315 e. The molecule has 7 nitrogen and oxygen atoms in total. The summed E-state index contributed by atoms with van der Waals surface area (Å²) >= 11 is 0. The summed E-state index contributed by atoms with van der Waals surface area (Å²) in [6.45, 7) is 4.06. The monoisotopic (exact) mass is 254 g/mol. The molecule has 2 unspecified atom stereocenters. The highest BCUT2D eigenvalue weighted by molar-refractivity contribution is 5.75. The molecule has 1 aromatic rings. The zero-order valence-corrected chi connectivity index (χ0v) is 10.5. The molecule has 1 aromatic heterocycles. The Balaban J connectivity index is 2.29. The zero-order chi connectivity index (χ0) is 13.5. The quantitative estimate of drug-likeness (QED) is 0.686. The molecule has 2 amide bonds. The average molecular weight is 254 g/mol. The Kier molecular flexibility index (Phi) is 5.16. The summed E-state index contributed by atoms with van der Waals surface area (Å²) < 4.78 is 1.71. The first kappa shape index (κ1) is 14.0. The molecule has 0 aliphatic rings. The number of nitrogens with one attached hydrogen (secondary N) is 2.